The van der Waals surface area contributed by atoms with Crippen LogP contribution in [0.15, 0.2) is 88.1 Å². The molecule has 0 bridgehead atoms. The van der Waals surface area contributed by atoms with E-state index in [1.807, 2.05) is 30.3 Å². The second-order valence-corrected chi connectivity index (χ2v) is 6.44. The van der Waals surface area contributed by atoms with Gasteiger partial charge in [0.25, 0.3) is 5.91 Å². The number of amidine groups is 1. The molecule has 2 amide bonds. The number of nitrogens with zero attached hydrogens (tertiary/aromatic N) is 2. The molecule has 6 nitrogen and oxygen atoms in total. The number of amides is 2. The highest BCUT2D eigenvalue weighted by atomic mass is 16.3. The Balaban J connectivity index is 1.71. The summed E-state index contributed by atoms with van der Waals surface area (Å²) in [6.45, 7) is 1.79. The third-order valence-corrected chi connectivity index (χ3v) is 4.44. The zero-order valence-electron chi connectivity index (χ0n) is 15.8. The first-order valence-corrected chi connectivity index (χ1v) is 9.29. The molecule has 1 N–H and O–H groups in total. The minimum absolute atomic E-state index is 0.0646. The number of anilines is 2. The van der Waals surface area contributed by atoms with Crippen LogP contribution in [0.5, 0.6) is 0 Å². The molecule has 1 aliphatic heterocycles. The minimum atomic E-state index is -0.245. The molecule has 0 saturated heterocycles. The molecule has 1 aromatic heterocycles. The average molecular weight is 385 g/mol. The fraction of sp³-hybridized carbons (Fsp3) is 0.0870. The van der Waals surface area contributed by atoms with E-state index >= 15 is 0 Å². The standard InChI is InChI=1S/C23H19N3O3/c1-2-21(27)24-17-10-12-18(13-11-17)26-22(16-7-4-3-5-8-16)25-20(23(26)28)15-19-9-6-14-29-19/h3-15H,2H2,1H3,(H,24,27)/b20-15-. The topological polar surface area (TPSA) is 74.9 Å². The van der Waals surface area contributed by atoms with Gasteiger partial charge >= 0.3 is 0 Å². The lowest BCUT2D eigenvalue weighted by molar-refractivity contribution is -0.116. The van der Waals surface area contributed by atoms with Gasteiger partial charge in [-0.3, -0.25) is 14.5 Å². The molecular formula is C23H19N3O3. The lowest BCUT2D eigenvalue weighted by atomic mass is 10.1. The van der Waals surface area contributed by atoms with Gasteiger partial charge < -0.3 is 9.73 Å². The third-order valence-electron chi connectivity index (χ3n) is 4.44. The van der Waals surface area contributed by atoms with Gasteiger partial charge in [0.2, 0.25) is 5.91 Å². The average Bonchev–Trinajstić information content (AvgIpc) is 3.38. The van der Waals surface area contributed by atoms with Gasteiger partial charge in [-0.25, -0.2) is 4.99 Å². The number of carbonyl (C=O) groups excluding carboxylic acids is 2. The maximum Gasteiger partial charge on any atom is 0.282 e. The number of benzene rings is 2. The molecule has 144 valence electrons. The van der Waals surface area contributed by atoms with Crippen molar-refractivity contribution in [3.8, 4) is 0 Å². The Bertz CT molecular complexity index is 1080. The van der Waals surface area contributed by atoms with Crippen LogP contribution in [0.25, 0.3) is 6.08 Å². The second kappa shape index (κ2) is 7.98. The normalized spacial score (nSPS) is 14.9. The quantitative estimate of drug-likeness (QED) is 0.659. The van der Waals surface area contributed by atoms with Crippen molar-refractivity contribution in [3.63, 3.8) is 0 Å². The molecule has 0 atom stereocenters. The molecule has 0 saturated carbocycles. The highest BCUT2D eigenvalue weighted by Crippen LogP contribution is 2.29. The first kappa shape index (κ1) is 18.4. The van der Waals surface area contributed by atoms with Crippen molar-refractivity contribution in [2.45, 2.75) is 13.3 Å². The molecular weight excluding hydrogens is 366 g/mol. The van der Waals surface area contributed by atoms with Crippen molar-refractivity contribution in [1.82, 2.24) is 0 Å². The van der Waals surface area contributed by atoms with Crippen LogP contribution in [-0.4, -0.2) is 17.6 Å². The fourth-order valence-electron chi connectivity index (χ4n) is 2.99. The molecule has 1 aliphatic rings. The predicted octanol–water partition coefficient (Wildman–Crippen LogP) is 4.46. The van der Waals surface area contributed by atoms with Gasteiger partial charge in [0, 0.05) is 23.7 Å². The first-order chi connectivity index (χ1) is 14.2. The lowest BCUT2D eigenvalue weighted by Gasteiger charge is -2.19. The number of rotatable bonds is 5. The van der Waals surface area contributed by atoms with E-state index < -0.39 is 0 Å². The number of hydrogen-bond acceptors (Lipinski definition) is 4. The van der Waals surface area contributed by atoms with Crippen LogP contribution in [0.4, 0.5) is 11.4 Å². The summed E-state index contributed by atoms with van der Waals surface area (Å²) in [5.41, 5.74) is 2.46. The van der Waals surface area contributed by atoms with Crippen LogP contribution in [0.2, 0.25) is 0 Å². The summed E-state index contributed by atoms with van der Waals surface area (Å²) in [6.07, 6.45) is 3.58. The van der Waals surface area contributed by atoms with E-state index in [9.17, 15) is 9.59 Å². The number of hydrogen-bond donors (Lipinski definition) is 1. The maximum absolute atomic E-state index is 13.2. The first-order valence-electron chi connectivity index (χ1n) is 9.29. The van der Waals surface area contributed by atoms with E-state index in [1.54, 1.807) is 60.6 Å². The molecule has 2 heterocycles. The number of nitrogens with one attached hydrogen (secondary N) is 1. The highest BCUT2D eigenvalue weighted by Gasteiger charge is 2.32. The molecule has 29 heavy (non-hydrogen) atoms. The molecule has 3 aromatic rings. The van der Waals surface area contributed by atoms with E-state index in [0.717, 1.165) is 5.56 Å². The molecule has 4 rings (SSSR count). The highest BCUT2D eigenvalue weighted by molar-refractivity contribution is 6.33. The van der Waals surface area contributed by atoms with Crippen molar-refractivity contribution in [2.75, 3.05) is 10.2 Å². The Labute approximate surface area is 168 Å². The molecule has 0 unspecified atom stereocenters. The molecule has 6 heteroatoms. The van der Waals surface area contributed by atoms with Crippen LogP contribution < -0.4 is 10.2 Å². The van der Waals surface area contributed by atoms with Gasteiger partial charge in [-0.2, -0.15) is 0 Å². The Morgan fingerprint density at radius 2 is 1.83 bits per heavy atom. The maximum atomic E-state index is 13.2. The van der Waals surface area contributed by atoms with Gasteiger partial charge in [0.1, 0.15) is 17.3 Å². The Hall–Kier alpha value is -3.93. The Kier molecular flexibility index (Phi) is 5.07. The van der Waals surface area contributed by atoms with Crippen molar-refractivity contribution in [3.05, 3.63) is 90.0 Å². The smallest absolute Gasteiger partial charge is 0.282 e. The zero-order chi connectivity index (χ0) is 20.2. The second-order valence-electron chi connectivity index (χ2n) is 6.44. The van der Waals surface area contributed by atoms with E-state index in [1.165, 1.54) is 0 Å². The van der Waals surface area contributed by atoms with Gasteiger partial charge in [-0.15, -0.1) is 0 Å². The molecule has 0 aliphatic carbocycles. The van der Waals surface area contributed by atoms with Crippen LogP contribution in [-0.2, 0) is 9.59 Å². The minimum Gasteiger partial charge on any atom is -0.465 e. The SMILES string of the molecule is CCC(=O)Nc1ccc(N2C(=O)/C(=C/c3ccco3)N=C2c2ccccc2)cc1. The van der Waals surface area contributed by atoms with Crippen molar-refractivity contribution in [1.29, 1.82) is 0 Å². The number of aliphatic imine (C=N–C) groups is 1. The van der Waals surface area contributed by atoms with Crippen molar-refractivity contribution in [2.24, 2.45) is 4.99 Å². The van der Waals surface area contributed by atoms with E-state index in [-0.39, 0.29) is 11.8 Å². The van der Waals surface area contributed by atoms with Crippen LogP contribution in [0.3, 0.4) is 0 Å². The summed E-state index contributed by atoms with van der Waals surface area (Å²) in [6, 6.07) is 20.2. The Morgan fingerprint density at radius 1 is 1.07 bits per heavy atom. The molecule has 0 spiro atoms. The number of furan rings is 1. The van der Waals surface area contributed by atoms with Crippen LogP contribution in [0.1, 0.15) is 24.7 Å². The lowest BCUT2D eigenvalue weighted by Crippen LogP contribution is -2.32. The summed E-state index contributed by atoms with van der Waals surface area (Å²) in [5, 5.41) is 2.81. The van der Waals surface area contributed by atoms with Gasteiger partial charge in [0.15, 0.2) is 0 Å². The summed E-state index contributed by atoms with van der Waals surface area (Å²) in [4.78, 5) is 30.9. The molecule has 0 radical (unpaired) electrons. The Morgan fingerprint density at radius 3 is 2.48 bits per heavy atom. The van der Waals surface area contributed by atoms with Gasteiger partial charge in [-0.05, 0) is 36.4 Å². The largest absolute Gasteiger partial charge is 0.465 e. The summed E-state index contributed by atoms with van der Waals surface area (Å²) >= 11 is 0. The molecule has 2 aromatic carbocycles. The molecule has 0 fully saturated rings. The summed E-state index contributed by atoms with van der Waals surface area (Å²) in [7, 11) is 0. The van der Waals surface area contributed by atoms with E-state index in [0.29, 0.717) is 35.1 Å². The van der Waals surface area contributed by atoms with Crippen molar-refractivity contribution < 1.29 is 14.0 Å². The van der Waals surface area contributed by atoms with Crippen molar-refractivity contribution >= 4 is 35.1 Å². The van der Waals surface area contributed by atoms with Gasteiger partial charge in [-0.1, -0.05) is 37.3 Å². The fourth-order valence-corrected chi connectivity index (χ4v) is 2.99. The summed E-state index contributed by atoms with van der Waals surface area (Å²) < 4.78 is 5.33. The van der Waals surface area contributed by atoms with E-state index in [4.69, 9.17) is 4.42 Å². The monoisotopic (exact) mass is 385 g/mol. The predicted molar refractivity (Wildman–Crippen MR) is 113 cm³/mol. The van der Waals surface area contributed by atoms with Crippen LogP contribution in [0, 0.1) is 0 Å². The zero-order valence-corrected chi connectivity index (χ0v) is 15.8. The third kappa shape index (κ3) is 3.87. The number of carbonyl (C=O) groups is 2. The summed E-state index contributed by atoms with van der Waals surface area (Å²) in [5.74, 6) is 0.790. The van der Waals surface area contributed by atoms with Crippen LogP contribution >= 0.6 is 0 Å². The van der Waals surface area contributed by atoms with E-state index in [2.05, 4.69) is 10.3 Å². The van der Waals surface area contributed by atoms with Gasteiger partial charge in [0.05, 0.1) is 12.0 Å².